The van der Waals surface area contributed by atoms with Crippen molar-refractivity contribution in [3.63, 3.8) is 0 Å². The predicted octanol–water partition coefficient (Wildman–Crippen LogP) is 2.45. The number of anilines is 1. The van der Waals surface area contributed by atoms with E-state index in [0.29, 0.717) is 30.0 Å². The molecule has 3 heterocycles. The zero-order valence-electron chi connectivity index (χ0n) is 16.4. The molecule has 2 aliphatic heterocycles. The predicted molar refractivity (Wildman–Crippen MR) is 108 cm³/mol. The Morgan fingerprint density at radius 3 is 2.71 bits per heavy atom. The monoisotopic (exact) mass is 384 g/mol. The molecule has 2 fully saturated rings. The summed E-state index contributed by atoms with van der Waals surface area (Å²) in [5, 5.41) is 16.6. The minimum absolute atomic E-state index is 0.137. The van der Waals surface area contributed by atoms with Gasteiger partial charge in [-0.2, -0.15) is 5.10 Å². The van der Waals surface area contributed by atoms with Crippen LogP contribution in [0, 0.1) is 0 Å². The maximum absolute atomic E-state index is 12.8. The molecule has 0 aliphatic carbocycles. The molecule has 28 heavy (non-hydrogen) atoms. The van der Waals surface area contributed by atoms with Gasteiger partial charge in [0.1, 0.15) is 0 Å². The summed E-state index contributed by atoms with van der Waals surface area (Å²) in [7, 11) is 2.19. The first-order valence-electron chi connectivity index (χ1n) is 10.1. The fourth-order valence-electron chi connectivity index (χ4n) is 4.47. The molecule has 2 aromatic rings. The van der Waals surface area contributed by atoms with E-state index >= 15 is 0 Å². The summed E-state index contributed by atoms with van der Waals surface area (Å²) < 4.78 is 0. The third-order valence-corrected chi connectivity index (χ3v) is 6.00. The van der Waals surface area contributed by atoms with E-state index in [1.807, 2.05) is 13.0 Å². The number of aromatic amines is 1. The van der Waals surface area contributed by atoms with E-state index in [1.165, 1.54) is 12.8 Å². The normalized spacial score (nSPS) is 24.3. The molecule has 8 nitrogen and oxygen atoms in total. The van der Waals surface area contributed by atoms with Crippen LogP contribution < -0.4 is 16.0 Å². The van der Waals surface area contributed by atoms with Gasteiger partial charge in [0.2, 0.25) is 0 Å². The highest BCUT2D eigenvalue weighted by molar-refractivity contribution is 6.05. The average Bonchev–Trinajstić information content (AvgIpc) is 3.16. The first kappa shape index (κ1) is 18.7. The molecule has 2 saturated heterocycles. The Balaban J connectivity index is 1.43. The lowest BCUT2D eigenvalue weighted by Crippen LogP contribution is -2.48. The zero-order chi connectivity index (χ0) is 19.7. The van der Waals surface area contributed by atoms with Crippen LogP contribution in [0.3, 0.4) is 0 Å². The van der Waals surface area contributed by atoms with Crippen LogP contribution in [0.15, 0.2) is 18.2 Å². The minimum atomic E-state index is -0.240. The summed E-state index contributed by atoms with van der Waals surface area (Å²) in [6, 6.07) is 6.52. The Hall–Kier alpha value is -2.61. The second-order valence-corrected chi connectivity index (χ2v) is 7.91. The molecule has 4 rings (SSSR count). The van der Waals surface area contributed by atoms with Crippen molar-refractivity contribution < 1.29 is 9.59 Å². The molecule has 1 aromatic heterocycles. The number of piperidine rings is 1. The zero-order valence-corrected chi connectivity index (χ0v) is 16.4. The van der Waals surface area contributed by atoms with Crippen molar-refractivity contribution in [2.24, 2.45) is 0 Å². The van der Waals surface area contributed by atoms with Crippen LogP contribution in [-0.4, -0.2) is 58.8 Å². The van der Waals surface area contributed by atoms with Crippen molar-refractivity contribution in [3.8, 4) is 0 Å². The van der Waals surface area contributed by atoms with Crippen molar-refractivity contribution >= 4 is 28.5 Å². The smallest absolute Gasteiger partial charge is 0.319 e. The average molecular weight is 384 g/mol. The topological polar surface area (TPSA) is 102 Å². The molecule has 4 N–H and O–H groups in total. The number of hydrogen-bond donors (Lipinski definition) is 4. The second-order valence-electron chi connectivity index (χ2n) is 7.91. The third-order valence-electron chi connectivity index (χ3n) is 6.00. The fourth-order valence-corrected chi connectivity index (χ4v) is 4.47. The Bertz CT molecular complexity index is 865. The fraction of sp³-hybridized carbons (Fsp3) is 0.550. The maximum Gasteiger partial charge on any atom is 0.319 e. The molecule has 0 spiro atoms. The van der Waals surface area contributed by atoms with Gasteiger partial charge in [-0.1, -0.05) is 6.92 Å². The molecule has 1 aromatic carbocycles. The van der Waals surface area contributed by atoms with Gasteiger partial charge in [0.25, 0.3) is 5.91 Å². The van der Waals surface area contributed by atoms with Crippen molar-refractivity contribution in [2.75, 3.05) is 18.9 Å². The lowest BCUT2D eigenvalue weighted by molar-refractivity contribution is 0.0879. The molecule has 2 bridgehead atoms. The molecule has 3 atom stereocenters. The minimum Gasteiger partial charge on any atom is -0.348 e. The van der Waals surface area contributed by atoms with Gasteiger partial charge in [0, 0.05) is 35.7 Å². The molecular formula is C20H28N6O2. The number of aromatic nitrogens is 2. The number of benzene rings is 1. The number of fused-ring (bicyclic) bond motifs is 3. The number of amides is 3. The van der Waals surface area contributed by atoms with Crippen molar-refractivity contribution in [1.82, 2.24) is 25.7 Å². The van der Waals surface area contributed by atoms with Crippen LogP contribution in [0.4, 0.5) is 10.5 Å². The molecule has 150 valence electrons. The highest BCUT2D eigenvalue weighted by atomic mass is 16.2. The van der Waals surface area contributed by atoms with E-state index in [-0.39, 0.29) is 18.0 Å². The number of hydrogen-bond acceptors (Lipinski definition) is 4. The van der Waals surface area contributed by atoms with Crippen LogP contribution in [0.2, 0.25) is 0 Å². The van der Waals surface area contributed by atoms with Gasteiger partial charge in [-0.15, -0.1) is 0 Å². The Labute approximate surface area is 164 Å². The highest BCUT2D eigenvalue weighted by Gasteiger charge is 2.39. The van der Waals surface area contributed by atoms with Gasteiger partial charge in [0.15, 0.2) is 5.69 Å². The lowest BCUT2D eigenvalue weighted by atomic mass is 9.98. The van der Waals surface area contributed by atoms with E-state index in [9.17, 15) is 9.59 Å². The molecule has 0 unspecified atom stereocenters. The van der Waals surface area contributed by atoms with Gasteiger partial charge in [-0.05, 0) is 57.4 Å². The van der Waals surface area contributed by atoms with Crippen LogP contribution >= 0.6 is 0 Å². The Morgan fingerprint density at radius 1 is 1.25 bits per heavy atom. The summed E-state index contributed by atoms with van der Waals surface area (Å²) in [5.74, 6) is -0.137. The molecule has 3 amide bonds. The van der Waals surface area contributed by atoms with E-state index in [1.54, 1.807) is 12.1 Å². The SMILES string of the molecule is CCCNC(=O)Nc1ccc2c(C(=O)N[C@H]3C[C@H]4CC[C@@H](C3)N4C)n[nH]c2c1. The first-order valence-corrected chi connectivity index (χ1v) is 10.1. The summed E-state index contributed by atoms with van der Waals surface area (Å²) in [6.07, 6.45) is 5.33. The number of carbonyl (C=O) groups excluding carboxylic acids is 2. The van der Waals surface area contributed by atoms with Crippen molar-refractivity contribution in [1.29, 1.82) is 0 Å². The lowest BCUT2D eigenvalue weighted by Gasteiger charge is -2.36. The van der Waals surface area contributed by atoms with Crippen LogP contribution in [0.25, 0.3) is 10.9 Å². The quantitative estimate of drug-likeness (QED) is 0.636. The number of urea groups is 1. The third kappa shape index (κ3) is 3.69. The summed E-state index contributed by atoms with van der Waals surface area (Å²) >= 11 is 0. The number of nitrogens with zero attached hydrogens (tertiary/aromatic N) is 2. The van der Waals surface area contributed by atoms with E-state index in [4.69, 9.17) is 0 Å². The summed E-state index contributed by atoms with van der Waals surface area (Å²) in [4.78, 5) is 27.1. The summed E-state index contributed by atoms with van der Waals surface area (Å²) in [6.45, 7) is 2.63. The van der Waals surface area contributed by atoms with Crippen LogP contribution in [-0.2, 0) is 0 Å². The number of nitrogens with one attached hydrogen (secondary N) is 4. The van der Waals surface area contributed by atoms with Gasteiger partial charge in [0.05, 0.1) is 5.52 Å². The maximum atomic E-state index is 12.8. The molecule has 2 aliphatic rings. The van der Waals surface area contributed by atoms with Crippen molar-refractivity contribution in [3.05, 3.63) is 23.9 Å². The molecule has 8 heteroatoms. The Morgan fingerprint density at radius 2 is 2.00 bits per heavy atom. The van der Waals surface area contributed by atoms with Gasteiger partial charge in [-0.25, -0.2) is 4.79 Å². The van der Waals surface area contributed by atoms with Crippen LogP contribution in [0.5, 0.6) is 0 Å². The largest absolute Gasteiger partial charge is 0.348 e. The standard InChI is InChI=1S/C20H28N6O2/c1-3-8-21-20(28)23-12-4-7-16-17(11-12)24-25-18(16)19(27)22-13-9-14-5-6-15(10-13)26(14)2/h4,7,11,13-15H,3,5-6,8-10H2,1-2H3,(H,22,27)(H,24,25)(H2,21,23,28)/t13-,14+,15-. The molecular weight excluding hydrogens is 356 g/mol. The second kappa shape index (κ2) is 7.79. The first-order chi connectivity index (χ1) is 13.5. The van der Waals surface area contributed by atoms with Gasteiger partial charge < -0.3 is 20.9 Å². The number of carbonyl (C=O) groups is 2. The molecule has 0 saturated carbocycles. The molecule has 0 radical (unpaired) electrons. The van der Waals surface area contributed by atoms with E-state index < -0.39 is 0 Å². The van der Waals surface area contributed by atoms with E-state index in [2.05, 4.69) is 38.1 Å². The van der Waals surface area contributed by atoms with Crippen LogP contribution in [0.1, 0.15) is 49.5 Å². The van der Waals surface area contributed by atoms with Crippen molar-refractivity contribution in [2.45, 2.75) is 57.2 Å². The highest BCUT2D eigenvalue weighted by Crippen LogP contribution is 2.34. The van der Waals surface area contributed by atoms with Gasteiger partial charge >= 0.3 is 6.03 Å². The van der Waals surface area contributed by atoms with Gasteiger partial charge in [-0.3, -0.25) is 9.89 Å². The number of rotatable bonds is 5. The summed E-state index contributed by atoms with van der Waals surface area (Å²) in [5.41, 5.74) is 1.79. The number of H-pyrrole nitrogens is 1. The van der Waals surface area contributed by atoms with E-state index in [0.717, 1.165) is 30.2 Å². The Kier molecular flexibility index (Phi) is 5.21.